The number of hydrogen-bond acceptors (Lipinski definition) is 24. The van der Waals surface area contributed by atoms with Crippen LogP contribution in [0.3, 0.4) is 0 Å². The zero-order chi connectivity index (χ0) is 94.5. The Bertz CT molecular complexity index is 5020. The molecular formula is C92H106N12O21S6. The van der Waals surface area contributed by atoms with Crippen molar-refractivity contribution in [3.63, 3.8) is 0 Å². The third-order valence-corrected chi connectivity index (χ3v) is 30.8. The second kappa shape index (κ2) is 49.4. The number of amides is 12. The first-order chi connectivity index (χ1) is 62.6. The van der Waals surface area contributed by atoms with E-state index < -0.39 is 54.3 Å². The Kier molecular flexibility index (Phi) is 38.1. The normalized spacial score (nSPS) is 17.2. The van der Waals surface area contributed by atoms with Gasteiger partial charge in [0.15, 0.2) is 0 Å². The van der Waals surface area contributed by atoms with Crippen molar-refractivity contribution in [2.24, 2.45) is 0 Å². The minimum absolute atomic E-state index is 0.0879. The molecule has 0 spiro atoms. The monoisotopic (exact) mass is 1910 g/mol. The lowest BCUT2D eigenvalue weighted by Gasteiger charge is -2.31. The van der Waals surface area contributed by atoms with E-state index >= 15 is 0 Å². The summed E-state index contributed by atoms with van der Waals surface area (Å²) >= 11 is 0. The molecule has 9 N–H and O–H groups in total. The molecule has 8 atom stereocenters. The predicted octanol–water partition coefficient (Wildman–Crippen LogP) is 13.5. The highest BCUT2D eigenvalue weighted by molar-refractivity contribution is 8.77. The minimum Gasteiger partial charge on any atom is -0.480 e. The van der Waals surface area contributed by atoms with Crippen molar-refractivity contribution in [1.29, 1.82) is 0 Å². The number of piperidine rings is 3. The Hall–Kier alpha value is -11.9. The van der Waals surface area contributed by atoms with Gasteiger partial charge in [-0.2, -0.15) is 0 Å². The molecule has 6 aliphatic heterocycles. The van der Waals surface area contributed by atoms with E-state index in [2.05, 4.69) is 51.6 Å². The molecule has 0 aliphatic carbocycles. The number of rotatable bonds is 39. The number of benzene rings is 6. The standard InChI is InChI=1S/2C31H36N4O7S2.C30H34N4O7S2/c2*1-19-12-13-26(29(39)32-19)35-16-24-23(30(35)40)10-7-11-25(24)33-31(41)42-18-21(3)44-43-20(2)14-27(36)34(17-28(37)38)15-22-8-5-4-6-9-22;1-19-11-12-25(28(38)31-19)34-17-23-22(29(34)39)9-6-10-24(23)32-30(40)41-13-14-42-43-20(2)15-26(35)33(18-27(36)37)16-21-7-4-3-5-8-21/h2*4-11,20-21,26H,1,12-18H2,2-3H3,(H,32,39)(H,33,41)(H,37,38);3-10,20,25H,1,11-18H2,2H3,(H,31,38)(H,32,40)(H,36,37)/t20-,21+,26?;20-,21-,26?;20-,25?/m010/s1. The van der Waals surface area contributed by atoms with Crippen LogP contribution in [0.15, 0.2) is 182 Å². The van der Waals surface area contributed by atoms with Crippen LogP contribution in [0.25, 0.3) is 0 Å². The van der Waals surface area contributed by atoms with E-state index in [0.29, 0.717) is 112 Å². The molecule has 33 nitrogen and oxygen atoms in total. The summed E-state index contributed by atoms with van der Waals surface area (Å²) in [6.45, 7) is 21.3. The number of nitrogens with one attached hydrogen (secondary N) is 6. The van der Waals surface area contributed by atoms with Crippen molar-refractivity contribution in [3.05, 3.63) is 232 Å². The van der Waals surface area contributed by atoms with Crippen LogP contribution in [0.5, 0.6) is 0 Å². The van der Waals surface area contributed by atoms with Crippen molar-refractivity contribution in [2.75, 3.05) is 61.2 Å². The number of carbonyl (C=O) groups is 15. The van der Waals surface area contributed by atoms with Crippen LogP contribution in [0.1, 0.15) is 157 Å². The van der Waals surface area contributed by atoms with Crippen LogP contribution >= 0.6 is 64.8 Å². The van der Waals surface area contributed by atoms with Gasteiger partial charge in [-0.1, -0.05) is 214 Å². The van der Waals surface area contributed by atoms with E-state index in [4.69, 9.17) is 14.2 Å². The van der Waals surface area contributed by atoms with Crippen molar-refractivity contribution >= 4 is 171 Å². The van der Waals surface area contributed by atoms with Gasteiger partial charge in [-0.25, -0.2) is 14.4 Å². The molecule has 0 aromatic heterocycles. The molecule has 6 aromatic carbocycles. The summed E-state index contributed by atoms with van der Waals surface area (Å²) in [6, 6.07) is 41.1. The van der Waals surface area contributed by atoms with E-state index in [-0.39, 0.29) is 177 Å². The van der Waals surface area contributed by atoms with Gasteiger partial charge >= 0.3 is 36.2 Å². The fourth-order valence-corrected chi connectivity index (χ4v) is 21.3. The average Bonchev–Trinajstić information content (AvgIpc) is 1.63. The smallest absolute Gasteiger partial charge is 0.411 e. The van der Waals surface area contributed by atoms with Gasteiger partial charge in [0.2, 0.25) is 35.4 Å². The summed E-state index contributed by atoms with van der Waals surface area (Å²) < 4.78 is 16.2. The lowest BCUT2D eigenvalue weighted by molar-refractivity contribution is -0.145. The Morgan fingerprint density at radius 1 is 0.397 bits per heavy atom. The fraction of sp³-hybridized carbons (Fsp3) is 0.380. The molecule has 12 rings (SSSR count). The second-order valence-corrected chi connectivity index (χ2v) is 41.0. The molecule has 12 amide bonds. The Balaban J connectivity index is 0.000000204. The topological polar surface area (TPSA) is 436 Å². The van der Waals surface area contributed by atoms with Crippen molar-refractivity contribution < 1.29 is 101 Å². The minimum atomic E-state index is -1.07. The van der Waals surface area contributed by atoms with Crippen LogP contribution < -0.4 is 31.9 Å². The van der Waals surface area contributed by atoms with Gasteiger partial charge in [-0.15, -0.1) is 0 Å². The number of aliphatic carboxylic acids is 3. The molecule has 3 fully saturated rings. The van der Waals surface area contributed by atoms with Crippen LogP contribution in [0, 0.1) is 0 Å². The van der Waals surface area contributed by atoms with Gasteiger partial charge < -0.3 is 74.9 Å². The van der Waals surface area contributed by atoms with Gasteiger partial charge in [0.05, 0.1) is 0 Å². The van der Waals surface area contributed by atoms with Gasteiger partial charge in [0.1, 0.15) is 57.6 Å². The van der Waals surface area contributed by atoms with Gasteiger partial charge in [-0.3, -0.25) is 73.5 Å². The highest BCUT2D eigenvalue weighted by atomic mass is 33.1. The van der Waals surface area contributed by atoms with Crippen LogP contribution in [-0.4, -0.2) is 224 Å². The van der Waals surface area contributed by atoms with E-state index in [0.717, 1.165) is 16.7 Å². The number of allylic oxidation sites excluding steroid dienone is 3. The van der Waals surface area contributed by atoms with Gasteiger partial charge in [0, 0.05) is 158 Å². The number of carbonyl (C=O) groups excluding carboxylic acids is 12. The highest BCUT2D eigenvalue weighted by Gasteiger charge is 2.43. The number of ether oxygens (including phenoxy) is 3. The van der Waals surface area contributed by atoms with Crippen molar-refractivity contribution in [1.82, 2.24) is 45.3 Å². The SMILES string of the molecule is C=C1CCC(N2Cc3c(NC(=O)OCCSS[C@@H](C)CC(=O)N(CC(=O)O)Cc4ccccc4)cccc3C2=O)C(=O)N1.C=C1CCC(N2Cc3c(NC(=O)OC[C@@H](C)SS[C@@H](C)CC(=O)N(CC(=O)O)Cc4ccccc4)cccc3C2=O)C(=O)N1.C=C1CCC(N2Cc3c(NC(=O)OC[C@@H](C)SS[C@H](C)CC(=O)N(CC(=O)O)Cc4ccccc4)cccc3C2=O)C(=O)N1. The number of carboxylic acid groups (broad SMARTS) is 3. The third-order valence-electron chi connectivity index (χ3n) is 21.2. The molecule has 6 heterocycles. The maximum Gasteiger partial charge on any atom is 0.411 e. The number of fused-ring (bicyclic) bond motifs is 3. The van der Waals surface area contributed by atoms with Crippen LogP contribution in [0.2, 0.25) is 0 Å². The van der Waals surface area contributed by atoms with Crippen LogP contribution in [0.4, 0.5) is 31.4 Å². The quantitative estimate of drug-likeness (QED) is 0.00983. The fourth-order valence-electron chi connectivity index (χ4n) is 14.8. The van der Waals surface area contributed by atoms with E-state index in [1.165, 1.54) is 94.2 Å². The largest absolute Gasteiger partial charge is 0.480 e. The molecule has 131 heavy (non-hydrogen) atoms. The summed E-state index contributed by atoms with van der Waals surface area (Å²) in [7, 11) is 8.79. The van der Waals surface area contributed by atoms with Gasteiger partial charge in [0.25, 0.3) is 17.7 Å². The first-order valence-electron chi connectivity index (χ1n) is 42.2. The molecule has 6 aromatic rings. The summed E-state index contributed by atoms with van der Waals surface area (Å²) in [6.07, 6.45) is 1.76. The average molecular weight is 1910 g/mol. The summed E-state index contributed by atoms with van der Waals surface area (Å²) in [5, 5.41) is 43.6. The molecule has 3 unspecified atom stereocenters. The van der Waals surface area contributed by atoms with E-state index in [1.54, 1.807) is 54.6 Å². The van der Waals surface area contributed by atoms with E-state index in [9.17, 15) is 87.2 Å². The zero-order valence-corrected chi connectivity index (χ0v) is 77.9. The number of anilines is 3. The Morgan fingerprint density at radius 2 is 0.679 bits per heavy atom. The maximum atomic E-state index is 13.1. The number of nitrogens with zero attached hydrogens (tertiary/aromatic N) is 6. The lowest BCUT2D eigenvalue weighted by Crippen LogP contribution is -2.49. The highest BCUT2D eigenvalue weighted by Crippen LogP contribution is 2.40. The molecule has 0 saturated carbocycles. The van der Waals surface area contributed by atoms with Crippen LogP contribution in [-0.2, 0) is 96.6 Å². The second-order valence-electron chi connectivity index (χ2n) is 31.8. The molecule has 39 heteroatoms. The molecule has 6 aliphatic rings. The molecule has 0 bridgehead atoms. The molecule has 696 valence electrons. The van der Waals surface area contributed by atoms with Gasteiger partial charge in [-0.05, 0) is 105 Å². The maximum absolute atomic E-state index is 13.1. The van der Waals surface area contributed by atoms with E-state index in [1.807, 2.05) is 126 Å². The van der Waals surface area contributed by atoms with Crippen molar-refractivity contribution in [3.8, 4) is 0 Å². The number of carboxylic acids is 3. The predicted molar refractivity (Wildman–Crippen MR) is 505 cm³/mol. The van der Waals surface area contributed by atoms with Crippen molar-refractivity contribution in [2.45, 2.75) is 176 Å². The zero-order valence-electron chi connectivity index (χ0n) is 73.0. The number of hydrogen-bond donors (Lipinski definition) is 9. The first-order valence-corrected chi connectivity index (χ1v) is 49.2. The molecule has 0 radical (unpaired) electrons. The molecular weight excluding hydrogens is 1800 g/mol. The Labute approximate surface area is 782 Å². The Morgan fingerprint density at radius 3 is 0.969 bits per heavy atom. The third kappa shape index (κ3) is 30.3. The molecule has 3 saturated heterocycles. The summed E-state index contributed by atoms with van der Waals surface area (Å²) in [5.41, 5.74) is 9.04. The lowest BCUT2D eigenvalue weighted by atomic mass is 10.0. The summed E-state index contributed by atoms with van der Waals surface area (Å²) in [4.78, 5) is 195. The summed E-state index contributed by atoms with van der Waals surface area (Å²) in [5.74, 6) is -5.03. The first kappa shape index (κ1) is 101.